The number of aromatic amines is 1. The van der Waals surface area contributed by atoms with Gasteiger partial charge in [-0.05, 0) is 59.2 Å². The summed E-state index contributed by atoms with van der Waals surface area (Å²) in [6.45, 7) is 4.17. The van der Waals surface area contributed by atoms with Crippen LogP contribution in [0.5, 0.6) is 0 Å². The summed E-state index contributed by atoms with van der Waals surface area (Å²) in [6.07, 6.45) is 3.78. The standard InChI is InChI=1S/C11H11BrN2S/c1-7-5-8(2)10(9(12)6-7)14-4-3-13-11(14)15/h3-6H,1-2H3,(H,13,15). The molecule has 0 bridgehead atoms. The highest BCUT2D eigenvalue weighted by Crippen LogP contribution is 2.26. The number of hydrogen-bond acceptors (Lipinski definition) is 1. The average molecular weight is 283 g/mol. The Hall–Kier alpha value is -0.870. The quantitative estimate of drug-likeness (QED) is 0.787. The first-order chi connectivity index (χ1) is 7.09. The fourth-order valence-electron chi connectivity index (χ4n) is 1.71. The van der Waals surface area contributed by atoms with E-state index in [1.165, 1.54) is 11.1 Å². The molecular formula is C11H11BrN2S. The molecule has 1 aromatic heterocycles. The molecule has 15 heavy (non-hydrogen) atoms. The Labute approximate surface area is 102 Å². The van der Waals surface area contributed by atoms with Crippen molar-refractivity contribution in [3.8, 4) is 5.69 Å². The number of imidazole rings is 1. The second kappa shape index (κ2) is 3.94. The molecular weight excluding hydrogens is 272 g/mol. The van der Waals surface area contributed by atoms with E-state index in [9.17, 15) is 0 Å². The predicted molar refractivity (Wildman–Crippen MR) is 68.1 cm³/mol. The van der Waals surface area contributed by atoms with Gasteiger partial charge in [-0.3, -0.25) is 4.57 Å². The van der Waals surface area contributed by atoms with Crippen LogP contribution in [0.1, 0.15) is 11.1 Å². The first-order valence-corrected chi connectivity index (χ1v) is 5.83. The van der Waals surface area contributed by atoms with Crippen molar-refractivity contribution >= 4 is 28.1 Å². The fraction of sp³-hybridized carbons (Fsp3) is 0.182. The van der Waals surface area contributed by atoms with Crippen molar-refractivity contribution in [1.82, 2.24) is 9.55 Å². The zero-order chi connectivity index (χ0) is 11.0. The molecule has 0 radical (unpaired) electrons. The maximum Gasteiger partial charge on any atom is 0.181 e. The zero-order valence-electron chi connectivity index (χ0n) is 8.54. The Morgan fingerprint density at radius 1 is 1.33 bits per heavy atom. The molecule has 0 spiro atoms. The summed E-state index contributed by atoms with van der Waals surface area (Å²) in [7, 11) is 0. The molecule has 0 saturated heterocycles. The van der Waals surface area contributed by atoms with Gasteiger partial charge in [-0.1, -0.05) is 6.07 Å². The van der Waals surface area contributed by atoms with Crippen molar-refractivity contribution in [3.05, 3.63) is 44.9 Å². The topological polar surface area (TPSA) is 20.7 Å². The molecule has 0 amide bonds. The molecule has 0 saturated carbocycles. The van der Waals surface area contributed by atoms with E-state index >= 15 is 0 Å². The molecule has 0 fully saturated rings. The van der Waals surface area contributed by atoms with Gasteiger partial charge in [0.1, 0.15) is 0 Å². The van der Waals surface area contributed by atoms with Crippen LogP contribution in [-0.2, 0) is 0 Å². The summed E-state index contributed by atoms with van der Waals surface area (Å²) in [5.41, 5.74) is 3.55. The molecule has 1 aromatic carbocycles. The van der Waals surface area contributed by atoms with E-state index in [4.69, 9.17) is 12.2 Å². The SMILES string of the molecule is Cc1cc(C)c(-n2cc[nH]c2=S)c(Br)c1. The fourth-order valence-corrected chi connectivity index (χ4v) is 2.79. The van der Waals surface area contributed by atoms with E-state index in [0.29, 0.717) is 4.77 Å². The van der Waals surface area contributed by atoms with Gasteiger partial charge in [0, 0.05) is 16.9 Å². The molecule has 0 aliphatic heterocycles. The number of benzene rings is 1. The van der Waals surface area contributed by atoms with Crippen LogP contribution in [0, 0.1) is 18.6 Å². The van der Waals surface area contributed by atoms with Gasteiger partial charge in [-0.2, -0.15) is 0 Å². The second-order valence-corrected chi connectivity index (χ2v) is 4.79. The third kappa shape index (κ3) is 1.92. The minimum absolute atomic E-state index is 0.711. The maximum absolute atomic E-state index is 5.21. The van der Waals surface area contributed by atoms with Crippen LogP contribution < -0.4 is 0 Å². The van der Waals surface area contributed by atoms with E-state index in [1.54, 1.807) is 0 Å². The van der Waals surface area contributed by atoms with Gasteiger partial charge in [0.25, 0.3) is 0 Å². The third-order valence-corrected chi connectivity index (χ3v) is 3.21. The second-order valence-electron chi connectivity index (χ2n) is 3.55. The van der Waals surface area contributed by atoms with Crippen LogP contribution in [0.2, 0.25) is 0 Å². The van der Waals surface area contributed by atoms with Gasteiger partial charge in [0.15, 0.2) is 4.77 Å². The monoisotopic (exact) mass is 282 g/mol. The molecule has 4 heteroatoms. The lowest BCUT2D eigenvalue weighted by atomic mass is 10.1. The van der Waals surface area contributed by atoms with Crippen LogP contribution in [0.15, 0.2) is 29.0 Å². The molecule has 1 N–H and O–H groups in total. The van der Waals surface area contributed by atoms with Crippen LogP contribution in [0.3, 0.4) is 0 Å². The minimum Gasteiger partial charge on any atom is -0.337 e. The summed E-state index contributed by atoms with van der Waals surface area (Å²) < 4.78 is 3.74. The van der Waals surface area contributed by atoms with E-state index in [-0.39, 0.29) is 0 Å². The summed E-state index contributed by atoms with van der Waals surface area (Å²) in [6, 6.07) is 4.24. The first kappa shape index (κ1) is 10.6. The van der Waals surface area contributed by atoms with Gasteiger partial charge < -0.3 is 4.98 Å². The number of rotatable bonds is 1. The summed E-state index contributed by atoms with van der Waals surface area (Å²) in [5.74, 6) is 0. The molecule has 78 valence electrons. The first-order valence-electron chi connectivity index (χ1n) is 4.63. The lowest BCUT2D eigenvalue weighted by molar-refractivity contribution is 1.01. The van der Waals surface area contributed by atoms with Crippen LogP contribution in [0.4, 0.5) is 0 Å². The van der Waals surface area contributed by atoms with Gasteiger partial charge in [0.05, 0.1) is 5.69 Å². The van der Waals surface area contributed by atoms with E-state index < -0.39 is 0 Å². The Kier molecular flexibility index (Phi) is 2.80. The lowest BCUT2D eigenvalue weighted by Crippen LogP contribution is -1.97. The molecule has 0 unspecified atom stereocenters. The Balaban J connectivity index is 2.74. The van der Waals surface area contributed by atoms with Crippen molar-refractivity contribution in [2.24, 2.45) is 0 Å². The molecule has 0 aliphatic carbocycles. The van der Waals surface area contributed by atoms with Crippen molar-refractivity contribution in [1.29, 1.82) is 0 Å². The molecule has 0 aliphatic rings. The van der Waals surface area contributed by atoms with E-state index in [2.05, 4.69) is 46.9 Å². The maximum atomic E-state index is 5.21. The Morgan fingerprint density at radius 3 is 2.60 bits per heavy atom. The van der Waals surface area contributed by atoms with Crippen LogP contribution in [-0.4, -0.2) is 9.55 Å². The number of nitrogens with one attached hydrogen (secondary N) is 1. The number of nitrogens with zero attached hydrogens (tertiary/aromatic N) is 1. The van der Waals surface area contributed by atoms with Crippen molar-refractivity contribution < 1.29 is 0 Å². The van der Waals surface area contributed by atoms with Gasteiger partial charge in [-0.25, -0.2) is 0 Å². The lowest BCUT2D eigenvalue weighted by Gasteiger charge is -2.10. The highest BCUT2D eigenvalue weighted by molar-refractivity contribution is 9.10. The van der Waals surface area contributed by atoms with Crippen LogP contribution in [0.25, 0.3) is 5.69 Å². The van der Waals surface area contributed by atoms with E-state index in [0.717, 1.165) is 10.2 Å². The molecule has 0 atom stereocenters. The molecule has 2 nitrogen and oxygen atoms in total. The highest BCUT2D eigenvalue weighted by Gasteiger charge is 2.07. The number of halogens is 1. The van der Waals surface area contributed by atoms with Crippen molar-refractivity contribution in [2.45, 2.75) is 13.8 Å². The molecule has 2 aromatic rings. The van der Waals surface area contributed by atoms with Crippen molar-refractivity contribution in [3.63, 3.8) is 0 Å². The van der Waals surface area contributed by atoms with E-state index in [1.807, 2.05) is 17.0 Å². The Morgan fingerprint density at radius 2 is 2.07 bits per heavy atom. The molecule has 2 rings (SSSR count). The van der Waals surface area contributed by atoms with Gasteiger partial charge >= 0.3 is 0 Å². The summed E-state index contributed by atoms with van der Waals surface area (Å²) in [4.78, 5) is 2.99. The third-order valence-electron chi connectivity index (χ3n) is 2.29. The van der Waals surface area contributed by atoms with Crippen LogP contribution >= 0.6 is 28.1 Å². The zero-order valence-corrected chi connectivity index (χ0v) is 10.9. The molecule has 1 heterocycles. The smallest absolute Gasteiger partial charge is 0.181 e. The largest absolute Gasteiger partial charge is 0.337 e. The normalized spacial score (nSPS) is 10.6. The summed E-state index contributed by atoms with van der Waals surface area (Å²) >= 11 is 8.78. The number of aryl methyl sites for hydroxylation is 2. The number of H-pyrrole nitrogens is 1. The Bertz CT molecular complexity index is 531. The number of hydrogen-bond donors (Lipinski definition) is 1. The number of aromatic nitrogens is 2. The summed E-state index contributed by atoms with van der Waals surface area (Å²) in [5, 5.41) is 0. The highest BCUT2D eigenvalue weighted by atomic mass is 79.9. The minimum atomic E-state index is 0.711. The van der Waals surface area contributed by atoms with Gasteiger partial charge in [0.2, 0.25) is 0 Å². The average Bonchev–Trinajstić information content (AvgIpc) is 2.50. The van der Waals surface area contributed by atoms with Gasteiger partial charge in [-0.15, -0.1) is 0 Å². The van der Waals surface area contributed by atoms with Crippen molar-refractivity contribution in [2.75, 3.05) is 0 Å². The predicted octanol–water partition coefficient (Wildman–Crippen LogP) is 3.91.